The highest BCUT2D eigenvalue weighted by Crippen LogP contribution is 2.36. The number of hydrogen-bond donors (Lipinski definition) is 0. The van der Waals surface area contributed by atoms with Crippen LogP contribution in [0.3, 0.4) is 0 Å². The van der Waals surface area contributed by atoms with Gasteiger partial charge in [0.05, 0.1) is 18.2 Å². The van der Waals surface area contributed by atoms with E-state index >= 15 is 0 Å². The maximum Gasteiger partial charge on any atom is 0.416 e. The summed E-state index contributed by atoms with van der Waals surface area (Å²) in [5.74, 6) is -0.183. The summed E-state index contributed by atoms with van der Waals surface area (Å²) in [6.07, 6.45) is 1.55. The largest absolute Gasteiger partial charge is 0.416 e. The van der Waals surface area contributed by atoms with Crippen molar-refractivity contribution in [2.75, 3.05) is 13.1 Å². The Morgan fingerprint density at radius 3 is 2.61 bits per heavy atom. The number of nitrogens with zero attached hydrogens (tertiary/aromatic N) is 2. The number of amides is 2. The number of carbonyl (C=O) groups is 2. The van der Waals surface area contributed by atoms with Crippen LogP contribution in [0.15, 0.2) is 24.3 Å². The van der Waals surface area contributed by atoms with E-state index in [2.05, 4.69) is 0 Å². The van der Waals surface area contributed by atoms with Crippen LogP contribution in [0.2, 0.25) is 0 Å². The van der Waals surface area contributed by atoms with Gasteiger partial charge < -0.3 is 9.80 Å². The minimum absolute atomic E-state index is 0.00415. The van der Waals surface area contributed by atoms with Crippen LogP contribution in [-0.2, 0) is 15.8 Å². The third kappa shape index (κ3) is 5.06. The third-order valence-electron chi connectivity index (χ3n) is 5.59. The summed E-state index contributed by atoms with van der Waals surface area (Å²) >= 11 is 0. The molecule has 0 bridgehead atoms. The minimum Gasteiger partial charge on any atom is -0.333 e. The molecular weight excluding hydrogens is 369 g/mol. The Morgan fingerprint density at radius 2 is 1.93 bits per heavy atom. The molecule has 1 aliphatic heterocycles. The number of likely N-dealkylation sites (tertiary alicyclic amines) is 1. The van der Waals surface area contributed by atoms with Crippen molar-refractivity contribution in [1.29, 1.82) is 0 Å². The first-order chi connectivity index (χ1) is 13.3. The van der Waals surface area contributed by atoms with Crippen molar-refractivity contribution in [1.82, 2.24) is 9.80 Å². The van der Waals surface area contributed by atoms with Gasteiger partial charge in [0.15, 0.2) is 0 Å². The Balaban J connectivity index is 1.75. The van der Waals surface area contributed by atoms with Gasteiger partial charge in [-0.1, -0.05) is 25.0 Å². The van der Waals surface area contributed by atoms with Crippen LogP contribution in [0.25, 0.3) is 0 Å². The Bertz CT molecular complexity index is 716. The summed E-state index contributed by atoms with van der Waals surface area (Å²) < 4.78 is 39.2. The number of benzene rings is 1. The Morgan fingerprint density at radius 1 is 1.21 bits per heavy atom. The van der Waals surface area contributed by atoms with Crippen LogP contribution >= 0.6 is 0 Å². The Kier molecular flexibility index (Phi) is 6.30. The molecule has 4 nitrogen and oxygen atoms in total. The molecule has 1 unspecified atom stereocenters. The zero-order valence-electron chi connectivity index (χ0n) is 16.2. The molecule has 1 saturated heterocycles. The zero-order chi connectivity index (χ0) is 20.3. The zero-order valence-corrected chi connectivity index (χ0v) is 16.2. The molecule has 0 aromatic heterocycles. The molecule has 0 spiro atoms. The molecule has 1 aromatic rings. The van der Waals surface area contributed by atoms with E-state index in [1.807, 2.05) is 0 Å². The maximum absolute atomic E-state index is 13.1. The molecule has 1 atom stereocenters. The van der Waals surface area contributed by atoms with Gasteiger partial charge in [-0.15, -0.1) is 0 Å². The fourth-order valence-electron chi connectivity index (χ4n) is 3.85. The van der Waals surface area contributed by atoms with Crippen molar-refractivity contribution < 1.29 is 22.8 Å². The fourth-order valence-corrected chi connectivity index (χ4v) is 3.85. The lowest BCUT2D eigenvalue weighted by atomic mass is 10.0. The van der Waals surface area contributed by atoms with Crippen molar-refractivity contribution in [3.8, 4) is 0 Å². The highest BCUT2D eigenvalue weighted by molar-refractivity contribution is 5.85. The van der Waals surface area contributed by atoms with Gasteiger partial charge in [0.25, 0.3) is 0 Å². The van der Waals surface area contributed by atoms with Crippen LogP contribution < -0.4 is 0 Å². The van der Waals surface area contributed by atoms with Crippen LogP contribution in [-0.4, -0.2) is 40.7 Å². The molecule has 1 saturated carbocycles. The quantitative estimate of drug-likeness (QED) is 0.733. The Hall–Kier alpha value is -2.05. The molecule has 1 heterocycles. The van der Waals surface area contributed by atoms with Gasteiger partial charge in [-0.25, -0.2) is 0 Å². The van der Waals surface area contributed by atoms with Gasteiger partial charge >= 0.3 is 6.18 Å². The molecule has 2 aliphatic rings. The van der Waals surface area contributed by atoms with E-state index in [-0.39, 0.29) is 24.4 Å². The molecule has 2 amide bonds. The van der Waals surface area contributed by atoms with E-state index in [1.54, 1.807) is 22.8 Å². The molecule has 0 radical (unpaired) electrons. The second-order valence-corrected chi connectivity index (χ2v) is 7.81. The number of rotatable bonds is 5. The van der Waals surface area contributed by atoms with Crippen molar-refractivity contribution in [2.24, 2.45) is 0 Å². The fraction of sp³-hybridized carbons (Fsp3) is 0.619. The lowest BCUT2D eigenvalue weighted by Crippen LogP contribution is -2.45. The molecule has 3 rings (SSSR count). The first-order valence-electron chi connectivity index (χ1n) is 10.0. The molecular formula is C21H27F3N2O2. The van der Waals surface area contributed by atoms with Gasteiger partial charge in [0, 0.05) is 19.0 Å². The van der Waals surface area contributed by atoms with E-state index in [1.165, 1.54) is 6.07 Å². The smallest absolute Gasteiger partial charge is 0.333 e. The highest BCUT2D eigenvalue weighted by Gasteiger charge is 2.38. The molecule has 1 aromatic carbocycles. The van der Waals surface area contributed by atoms with Gasteiger partial charge in [0.1, 0.15) is 0 Å². The van der Waals surface area contributed by atoms with E-state index in [0.29, 0.717) is 18.5 Å². The van der Waals surface area contributed by atoms with E-state index in [9.17, 15) is 22.8 Å². The first kappa shape index (κ1) is 20.7. The average Bonchev–Trinajstić information content (AvgIpc) is 3.46. The van der Waals surface area contributed by atoms with Crippen LogP contribution in [0.4, 0.5) is 13.2 Å². The number of hydrogen-bond acceptors (Lipinski definition) is 2. The molecule has 7 heteroatoms. The minimum atomic E-state index is -4.42. The van der Waals surface area contributed by atoms with Gasteiger partial charge in [-0.2, -0.15) is 13.2 Å². The SMILES string of the molecule is CC(c1cccc(C(F)(F)F)c1)N(C(=O)CN1CCCCCCC1=O)C1CC1. The van der Waals surface area contributed by atoms with E-state index in [4.69, 9.17) is 0 Å². The summed E-state index contributed by atoms with van der Waals surface area (Å²) in [5, 5.41) is 0. The van der Waals surface area contributed by atoms with Crippen LogP contribution in [0, 0.1) is 0 Å². The van der Waals surface area contributed by atoms with Crippen molar-refractivity contribution in [2.45, 2.75) is 70.1 Å². The molecule has 2 fully saturated rings. The second kappa shape index (κ2) is 8.53. The number of alkyl halides is 3. The highest BCUT2D eigenvalue weighted by atomic mass is 19.4. The maximum atomic E-state index is 13.1. The van der Waals surface area contributed by atoms with E-state index in [0.717, 1.165) is 50.7 Å². The number of halogens is 3. The second-order valence-electron chi connectivity index (χ2n) is 7.81. The van der Waals surface area contributed by atoms with E-state index < -0.39 is 17.8 Å². The predicted octanol–water partition coefficient (Wildman–Crippen LogP) is 4.55. The van der Waals surface area contributed by atoms with Crippen molar-refractivity contribution >= 4 is 11.8 Å². The van der Waals surface area contributed by atoms with Crippen LogP contribution in [0.5, 0.6) is 0 Å². The van der Waals surface area contributed by atoms with Gasteiger partial charge in [-0.3, -0.25) is 9.59 Å². The molecule has 28 heavy (non-hydrogen) atoms. The molecule has 154 valence electrons. The van der Waals surface area contributed by atoms with Crippen molar-refractivity contribution in [3.05, 3.63) is 35.4 Å². The monoisotopic (exact) mass is 396 g/mol. The topological polar surface area (TPSA) is 40.6 Å². The van der Waals surface area contributed by atoms with Gasteiger partial charge in [-0.05, 0) is 50.3 Å². The lowest BCUT2D eigenvalue weighted by molar-refractivity contribution is -0.142. The summed E-state index contributed by atoms with van der Waals surface area (Å²) in [5.41, 5.74) is -0.243. The summed E-state index contributed by atoms with van der Waals surface area (Å²) in [7, 11) is 0. The van der Waals surface area contributed by atoms with Crippen molar-refractivity contribution in [3.63, 3.8) is 0 Å². The summed E-state index contributed by atoms with van der Waals surface area (Å²) in [6.45, 7) is 2.35. The molecule has 0 N–H and O–H groups in total. The lowest BCUT2D eigenvalue weighted by Gasteiger charge is -2.33. The number of carbonyl (C=O) groups excluding carboxylic acids is 2. The van der Waals surface area contributed by atoms with Gasteiger partial charge in [0.2, 0.25) is 11.8 Å². The standard InChI is InChI=1S/C21H27F3N2O2/c1-15(16-7-6-8-17(13-16)21(22,23)24)26(18-10-11-18)20(28)14-25-12-5-3-2-4-9-19(25)27/h6-8,13,15,18H,2-5,9-12,14H2,1H3. The normalized spacial score (nSPS) is 19.7. The predicted molar refractivity (Wildman–Crippen MR) is 99.4 cm³/mol. The first-order valence-corrected chi connectivity index (χ1v) is 10.0. The summed E-state index contributed by atoms with van der Waals surface area (Å²) in [4.78, 5) is 28.7. The molecule has 1 aliphatic carbocycles. The Labute approximate surface area is 163 Å². The average molecular weight is 396 g/mol. The third-order valence-corrected chi connectivity index (χ3v) is 5.59. The van der Waals surface area contributed by atoms with Crippen LogP contribution in [0.1, 0.15) is 69.0 Å². The summed E-state index contributed by atoms with van der Waals surface area (Å²) in [6, 6.07) is 4.75.